The van der Waals surface area contributed by atoms with Crippen LogP contribution in [0.5, 0.6) is 0 Å². The van der Waals surface area contributed by atoms with Crippen molar-refractivity contribution in [2.75, 3.05) is 18.4 Å². The number of anilines is 1. The van der Waals surface area contributed by atoms with Gasteiger partial charge in [-0.3, -0.25) is 14.3 Å². The fourth-order valence-electron chi connectivity index (χ4n) is 1.91. The molecule has 1 fully saturated rings. The lowest BCUT2D eigenvalue weighted by molar-refractivity contribution is -0.137. The minimum Gasteiger partial charge on any atom is -0.480 e. The number of carboxylic acids is 1. The lowest BCUT2D eigenvalue weighted by Gasteiger charge is -2.32. The van der Waals surface area contributed by atoms with E-state index >= 15 is 0 Å². The van der Waals surface area contributed by atoms with E-state index in [1.807, 2.05) is 0 Å². The fourth-order valence-corrected chi connectivity index (χ4v) is 1.91. The highest BCUT2D eigenvalue weighted by molar-refractivity contribution is 5.94. The molecule has 1 aliphatic rings. The Kier molecular flexibility index (Phi) is 3.87. The van der Waals surface area contributed by atoms with Crippen LogP contribution in [0, 0.1) is 0 Å². The molecule has 0 aliphatic carbocycles. The van der Waals surface area contributed by atoms with Crippen LogP contribution in [0.3, 0.4) is 0 Å². The van der Waals surface area contributed by atoms with Gasteiger partial charge in [0.05, 0.1) is 11.9 Å². The third-order valence-electron chi connectivity index (χ3n) is 2.94. The number of hydrogen-bond donors (Lipinski definition) is 3. The summed E-state index contributed by atoms with van der Waals surface area (Å²) in [5.41, 5.74) is 0.384. The third-order valence-corrected chi connectivity index (χ3v) is 2.94. The second kappa shape index (κ2) is 5.59. The summed E-state index contributed by atoms with van der Waals surface area (Å²) < 4.78 is 1.20. The van der Waals surface area contributed by atoms with Crippen molar-refractivity contribution in [1.82, 2.24) is 20.0 Å². The molecule has 1 aromatic rings. The predicted molar refractivity (Wildman–Crippen MR) is 68.1 cm³/mol. The molecule has 1 saturated heterocycles. The van der Waals surface area contributed by atoms with E-state index in [1.54, 1.807) is 6.92 Å². The molecule has 0 bridgehead atoms. The first-order valence-electron chi connectivity index (χ1n) is 6.07. The predicted octanol–water partition coefficient (Wildman–Crippen LogP) is -0.680. The fraction of sp³-hybridized carbons (Fsp3) is 0.455. The zero-order chi connectivity index (χ0) is 14.7. The number of nitrogens with zero attached hydrogens (tertiary/aromatic N) is 3. The lowest BCUT2D eigenvalue weighted by Crippen LogP contribution is -2.56. The van der Waals surface area contributed by atoms with Gasteiger partial charge in [0.1, 0.15) is 12.6 Å². The molecule has 3 N–H and O–H groups in total. The number of piperazine rings is 1. The van der Waals surface area contributed by atoms with E-state index in [0.717, 1.165) is 0 Å². The van der Waals surface area contributed by atoms with Crippen molar-refractivity contribution in [3.8, 4) is 0 Å². The van der Waals surface area contributed by atoms with E-state index in [4.69, 9.17) is 5.11 Å². The van der Waals surface area contributed by atoms with Gasteiger partial charge < -0.3 is 20.6 Å². The Hall–Kier alpha value is -2.58. The monoisotopic (exact) mass is 281 g/mol. The molecule has 9 nitrogen and oxygen atoms in total. The molecule has 2 rings (SSSR count). The van der Waals surface area contributed by atoms with Crippen molar-refractivity contribution in [2.24, 2.45) is 0 Å². The van der Waals surface area contributed by atoms with Crippen LogP contribution in [0.1, 0.15) is 6.92 Å². The van der Waals surface area contributed by atoms with Crippen molar-refractivity contribution in [2.45, 2.75) is 19.5 Å². The van der Waals surface area contributed by atoms with Crippen LogP contribution in [0.4, 0.5) is 10.5 Å². The molecule has 9 heteroatoms. The molecule has 0 aromatic carbocycles. The maximum atomic E-state index is 12.0. The number of aromatic nitrogens is 2. The molecule has 1 aromatic heterocycles. The first-order chi connectivity index (χ1) is 9.47. The number of amides is 3. The normalized spacial score (nSPS) is 18.6. The van der Waals surface area contributed by atoms with E-state index in [1.165, 1.54) is 22.0 Å². The summed E-state index contributed by atoms with van der Waals surface area (Å²) in [6, 6.07) is -0.958. The van der Waals surface area contributed by atoms with Crippen LogP contribution in [-0.4, -0.2) is 56.8 Å². The van der Waals surface area contributed by atoms with Gasteiger partial charge in [0, 0.05) is 19.3 Å². The Morgan fingerprint density at radius 2 is 2.35 bits per heavy atom. The number of carboxylic acid groups (broad SMARTS) is 1. The Balaban J connectivity index is 1.98. The van der Waals surface area contributed by atoms with Crippen molar-refractivity contribution in [1.29, 1.82) is 0 Å². The largest absolute Gasteiger partial charge is 0.480 e. The highest BCUT2D eigenvalue weighted by atomic mass is 16.4. The minimum atomic E-state index is -1.02. The number of hydrogen-bond acceptors (Lipinski definition) is 4. The maximum Gasteiger partial charge on any atom is 0.325 e. The number of carbonyl (C=O) groups excluding carboxylic acids is 2. The van der Waals surface area contributed by atoms with E-state index in [9.17, 15) is 14.4 Å². The van der Waals surface area contributed by atoms with Crippen molar-refractivity contribution in [3.63, 3.8) is 0 Å². The van der Waals surface area contributed by atoms with Gasteiger partial charge in [-0.15, -0.1) is 0 Å². The van der Waals surface area contributed by atoms with Crippen molar-refractivity contribution in [3.05, 3.63) is 12.4 Å². The Morgan fingerprint density at radius 3 is 3.05 bits per heavy atom. The van der Waals surface area contributed by atoms with Crippen LogP contribution in [0.25, 0.3) is 0 Å². The first-order valence-corrected chi connectivity index (χ1v) is 6.07. The third kappa shape index (κ3) is 3.05. The highest BCUT2D eigenvalue weighted by Crippen LogP contribution is 2.10. The quantitative estimate of drug-likeness (QED) is 0.678. The topological polar surface area (TPSA) is 117 Å². The standard InChI is InChI=1S/C11H15N5O4/c1-7-10(19)12-2-3-16(7)11(20)14-8-4-13-15(5-8)6-9(17)18/h4-5,7H,2-3,6H2,1H3,(H,12,19)(H,14,20)(H,17,18). The van der Waals surface area contributed by atoms with Crippen LogP contribution in [0.2, 0.25) is 0 Å². The first kappa shape index (κ1) is 13.8. The van der Waals surface area contributed by atoms with Crippen molar-refractivity contribution >= 4 is 23.6 Å². The molecule has 0 spiro atoms. The van der Waals surface area contributed by atoms with Gasteiger partial charge in [0.25, 0.3) is 0 Å². The Labute approximate surface area is 114 Å². The average molecular weight is 281 g/mol. The Bertz CT molecular complexity index is 541. The van der Waals surface area contributed by atoms with E-state index in [0.29, 0.717) is 18.8 Å². The molecule has 3 amide bonds. The summed E-state index contributed by atoms with van der Waals surface area (Å²) >= 11 is 0. The molecule has 20 heavy (non-hydrogen) atoms. The van der Waals surface area contributed by atoms with Gasteiger partial charge in [0.2, 0.25) is 5.91 Å². The van der Waals surface area contributed by atoms with E-state index < -0.39 is 18.0 Å². The SMILES string of the molecule is CC1C(=O)NCCN1C(=O)Nc1cnn(CC(=O)O)c1. The van der Waals surface area contributed by atoms with Crippen molar-refractivity contribution < 1.29 is 19.5 Å². The van der Waals surface area contributed by atoms with Crippen LogP contribution < -0.4 is 10.6 Å². The molecule has 108 valence electrons. The molecule has 0 radical (unpaired) electrons. The Morgan fingerprint density at radius 1 is 1.60 bits per heavy atom. The van der Waals surface area contributed by atoms with E-state index in [-0.39, 0.29) is 12.5 Å². The summed E-state index contributed by atoms with van der Waals surface area (Å²) in [4.78, 5) is 35.4. The zero-order valence-corrected chi connectivity index (χ0v) is 10.9. The summed E-state index contributed by atoms with van der Waals surface area (Å²) in [6.45, 7) is 2.19. The molecule has 1 unspecified atom stereocenters. The summed E-state index contributed by atoms with van der Waals surface area (Å²) in [5.74, 6) is -1.22. The van der Waals surface area contributed by atoms with Gasteiger partial charge in [-0.1, -0.05) is 0 Å². The van der Waals surface area contributed by atoms with Gasteiger partial charge >= 0.3 is 12.0 Å². The van der Waals surface area contributed by atoms with Crippen LogP contribution >= 0.6 is 0 Å². The number of nitrogens with one attached hydrogen (secondary N) is 2. The second-order valence-electron chi connectivity index (χ2n) is 4.41. The summed E-state index contributed by atoms with van der Waals surface area (Å²) in [5, 5.41) is 17.7. The lowest BCUT2D eigenvalue weighted by atomic mass is 10.2. The molecular formula is C11H15N5O4. The van der Waals surface area contributed by atoms with Gasteiger partial charge in [0.15, 0.2) is 0 Å². The summed E-state index contributed by atoms with van der Waals surface area (Å²) in [6.07, 6.45) is 2.77. The zero-order valence-electron chi connectivity index (χ0n) is 10.9. The summed E-state index contributed by atoms with van der Waals surface area (Å²) in [7, 11) is 0. The molecule has 1 aliphatic heterocycles. The molecular weight excluding hydrogens is 266 g/mol. The minimum absolute atomic E-state index is 0.201. The molecule has 1 atom stereocenters. The number of urea groups is 1. The second-order valence-corrected chi connectivity index (χ2v) is 4.41. The van der Waals surface area contributed by atoms with Gasteiger partial charge in [-0.05, 0) is 6.92 Å². The van der Waals surface area contributed by atoms with Gasteiger partial charge in [-0.2, -0.15) is 5.10 Å². The van der Waals surface area contributed by atoms with Gasteiger partial charge in [-0.25, -0.2) is 4.79 Å². The number of carbonyl (C=O) groups is 3. The molecule has 0 saturated carbocycles. The smallest absolute Gasteiger partial charge is 0.325 e. The number of rotatable bonds is 3. The van der Waals surface area contributed by atoms with Crippen LogP contribution in [-0.2, 0) is 16.1 Å². The maximum absolute atomic E-state index is 12.0. The van der Waals surface area contributed by atoms with Crippen LogP contribution in [0.15, 0.2) is 12.4 Å². The average Bonchev–Trinajstić information content (AvgIpc) is 2.79. The van der Waals surface area contributed by atoms with E-state index in [2.05, 4.69) is 15.7 Å². The highest BCUT2D eigenvalue weighted by Gasteiger charge is 2.29. The molecule has 2 heterocycles. The number of aliphatic carboxylic acids is 1.